The van der Waals surface area contributed by atoms with E-state index in [2.05, 4.69) is 34.7 Å². The Balaban J connectivity index is 1.37. The topological polar surface area (TPSA) is 64.4 Å². The van der Waals surface area contributed by atoms with Gasteiger partial charge in [0.2, 0.25) is 5.91 Å². The lowest BCUT2D eigenvalue weighted by molar-refractivity contribution is -0.121. The number of aromatic nitrogens is 1. The standard InChI is InChI=1S/C28H28N2O3/c1-20-26(21(2)33-30-20)19-32-25-15-13-23(14-16-25)18-28(31)29-27(24-11-7-4-8-12-24)17-22-9-5-3-6-10-22/h3-16,27H,17-19H2,1-2H3,(H,29,31). The summed E-state index contributed by atoms with van der Waals surface area (Å²) in [6.07, 6.45) is 1.05. The molecule has 1 N–H and O–H groups in total. The predicted molar refractivity (Wildman–Crippen MR) is 128 cm³/mol. The van der Waals surface area contributed by atoms with Gasteiger partial charge in [-0.3, -0.25) is 4.79 Å². The van der Waals surface area contributed by atoms with Gasteiger partial charge in [0.25, 0.3) is 0 Å². The van der Waals surface area contributed by atoms with Crippen LogP contribution in [-0.4, -0.2) is 11.1 Å². The molecule has 4 aromatic rings. The first-order chi connectivity index (χ1) is 16.1. The number of amides is 1. The van der Waals surface area contributed by atoms with E-state index < -0.39 is 0 Å². The van der Waals surface area contributed by atoms with Crippen LogP contribution in [0.4, 0.5) is 0 Å². The van der Waals surface area contributed by atoms with E-state index >= 15 is 0 Å². The van der Waals surface area contributed by atoms with E-state index in [1.807, 2.05) is 74.5 Å². The minimum absolute atomic E-state index is 0.0100. The summed E-state index contributed by atoms with van der Waals surface area (Å²) in [7, 11) is 0. The van der Waals surface area contributed by atoms with Crippen molar-refractivity contribution in [2.75, 3.05) is 0 Å². The van der Waals surface area contributed by atoms with Gasteiger partial charge in [-0.15, -0.1) is 0 Å². The first-order valence-corrected chi connectivity index (χ1v) is 11.1. The van der Waals surface area contributed by atoms with E-state index in [0.29, 0.717) is 13.0 Å². The molecular formula is C28H28N2O3. The van der Waals surface area contributed by atoms with Crippen molar-refractivity contribution in [1.82, 2.24) is 10.5 Å². The molecule has 1 amide bonds. The van der Waals surface area contributed by atoms with Gasteiger partial charge in [-0.05, 0) is 49.1 Å². The summed E-state index contributed by atoms with van der Waals surface area (Å²) in [4.78, 5) is 12.9. The number of aryl methyl sites for hydroxylation is 2. The summed E-state index contributed by atoms with van der Waals surface area (Å²) in [5, 5.41) is 7.16. The molecule has 0 radical (unpaired) electrons. The summed E-state index contributed by atoms with van der Waals surface area (Å²) < 4.78 is 11.0. The van der Waals surface area contributed by atoms with Crippen molar-refractivity contribution < 1.29 is 14.1 Å². The molecule has 0 saturated heterocycles. The van der Waals surface area contributed by atoms with Crippen molar-refractivity contribution in [2.45, 2.75) is 39.3 Å². The van der Waals surface area contributed by atoms with Gasteiger partial charge in [-0.2, -0.15) is 0 Å². The van der Waals surface area contributed by atoms with Gasteiger partial charge in [-0.1, -0.05) is 78.0 Å². The first-order valence-electron chi connectivity index (χ1n) is 11.1. The zero-order valence-electron chi connectivity index (χ0n) is 19.0. The average Bonchev–Trinajstić information content (AvgIpc) is 3.16. The lowest BCUT2D eigenvalue weighted by Crippen LogP contribution is -2.31. The summed E-state index contributed by atoms with van der Waals surface area (Å²) >= 11 is 0. The van der Waals surface area contributed by atoms with Crippen LogP contribution in [0.2, 0.25) is 0 Å². The van der Waals surface area contributed by atoms with Crippen LogP contribution in [0.15, 0.2) is 89.5 Å². The Morgan fingerprint density at radius 1 is 0.909 bits per heavy atom. The highest BCUT2D eigenvalue weighted by molar-refractivity contribution is 5.79. The van der Waals surface area contributed by atoms with E-state index in [1.165, 1.54) is 5.56 Å². The highest BCUT2D eigenvalue weighted by atomic mass is 16.5. The zero-order chi connectivity index (χ0) is 23.0. The summed E-state index contributed by atoms with van der Waals surface area (Å²) in [5.41, 5.74) is 5.01. The van der Waals surface area contributed by atoms with Crippen LogP contribution < -0.4 is 10.1 Å². The largest absolute Gasteiger partial charge is 0.489 e. The fraction of sp³-hybridized carbons (Fsp3) is 0.214. The SMILES string of the molecule is Cc1noc(C)c1COc1ccc(CC(=O)NC(Cc2ccccc2)c2ccccc2)cc1. The Labute approximate surface area is 194 Å². The molecule has 33 heavy (non-hydrogen) atoms. The van der Waals surface area contributed by atoms with Crippen molar-refractivity contribution in [1.29, 1.82) is 0 Å². The van der Waals surface area contributed by atoms with Crippen LogP contribution in [0.25, 0.3) is 0 Å². The molecule has 1 aromatic heterocycles. The van der Waals surface area contributed by atoms with Crippen molar-refractivity contribution in [2.24, 2.45) is 0 Å². The van der Waals surface area contributed by atoms with E-state index in [-0.39, 0.29) is 11.9 Å². The van der Waals surface area contributed by atoms with Gasteiger partial charge in [0.05, 0.1) is 23.7 Å². The number of nitrogens with zero attached hydrogens (tertiary/aromatic N) is 1. The number of nitrogens with one attached hydrogen (secondary N) is 1. The molecular weight excluding hydrogens is 412 g/mol. The summed E-state index contributed by atoms with van der Waals surface area (Å²) in [6.45, 7) is 4.18. The van der Waals surface area contributed by atoms with Crippen molar-refractivity contribution in [3.63, 3.8) is 0 Å². The highest BCUT2D eigenvalue weighted by Crippen LogP contribution is 2.20. The Morgan fingerprint density at radius 2 is 1.58 bits per heavy atom. The van der Waals surface area contributed by atoms with Crippen LogP contribution in [0.3, 0.4) is 0 Å². The van der Waals surface area contributed by atoms with E-state index in [4.69, 9.17) is 9.26 Å². The predicted octanol–water partition coefficient (Wildman–Crippen LogP) is 5.51. The van der Waals surface area contributed by atoms with Crippen LogP contribution >= 0.6 is 0 Å². The number of benzene rings is 3. The maximum absolute atomic E-state index is 12.9. The molecule has 3 aromatic carbocycles. The summed E-state index contributed by atoms with van der Waals surface area (Å²) in [5.74, 6) is 1.50. The molecule has 1 heterocycles. The lowest BCUT2D eigenvalue weighted by atomic mass is 9.98. The monoisotopic (exact) mass is 440 g/mol. The number of hydrogen-bond acceptors (Lipinski definition) is 4. The van der Waals surface area contributed by atoms with Gasteiger partial charge in [0, 0.05) is 0 Å². The minimum Gasteiger partial charge on any atom is -0.489 e. The normalized spacial score (nSPS) is 11.7. The third-order valence-electron chi connectivity index (χ3n) is 5.67. The number of rotatable bonds is 9. The van der Waals surface area contributed by atoms with Crippen molar-refractivity contribution >= 4 is 5.91 Å². The molecule has 0 saturated carbocycles. The fourth-order valence-electron chi connectivity index (χ4n) is 3.79. The molecule has 0 bridgehead atoms. The Kier molecular flexibility index (Phi) is 7.20. The molecule has 5 nitrogen and oxygen atoms in total. The van der Waals surface area contributed by atoms with Crippen molar-refractivity contribution in [3.05, 3.63) is 119 Å². The second-order valence-electron chi connectivity index (χ2n) is 8.13. The van der Waals surface area contributed by atoms with Crippen LogP contribution in [0.5, 0.6) is 5.75 Å². The van der Waals surface area contributed by atoms with E-state index in [0.717, 1.165) is 40.3 Å². The Morgan fingerprint density at radius 3 is 2.21 bits per heavy atom. The number of carbonyl (C=O) groups is 1. The third-order valence-corrected chi connectivity index (χ3v) is 5.67. The number of ether oxygens (including phenoxy) is 1. The number of hydrogen-bond donors (Lipinski definition) is 1. The quantitative estimate of drug-likeness (QED) is 0.373. The molecule has 0 fully saturated rings. The van der Waals surface area contributed by atoms with Crippen LogP contribution in [0.1, 0.15) is 39.7 Å². The molecule has 4 rings (SSSR count). The van der Waals surface area contributed by atoms with Gasteiger partial charge < -0.3 is 14.6 Å². The highest BCUT2D eigenvalue weighted by Gasteiger charge is 2.16. The van der Waals surface area contributed by atoms with Gasteiger partial charge in [0.1, 0.15) is 18.1 Å². The maximum atomic E-state index is 12.9. The van der Waals surface area contributed by atoms with Crippen LogP contribution in [0, 0.1) is 13.8 Å². The average molecular weight is 441 g/mol. The Bertz CT molecular complexity index is 1150. The maximum Gasteiger partial charge on any atom is 0.224 e. The van der Waals surface area contributed by atoms with E-state index in [1.54, 1.807) is 0 Å². The lowest BCUT2D eigenvalue weighted by Gasteiger charge is -2.20. The molecule has 5 heteroatoms. The zero-order valence-corrected chi connectivity index (χ0v) is 19.0. The molecule has 0 aliphatic carbocycles. The molecule has 0 spiro atoms. The number of carbonyl (C=O) groups excluding carboxylic acids is 1. The second-order valence-corrected chi connectivity index (χ2v) is 8.13. The van der Waals surface area contributed by atoms with E-state index in [9.17, 15) is 4.79 Å². The summed E-state index contributed by atoms with van der Waals surface area (Å²) in [6, 6.07) is 27.9. The van der Waals surface area contributed by atoms with Gasteiger partial charge in [0.15, 0.2) is 0 Å². The molecule has 0 aliphatic rings. The van der Waals surface area contributed by atoms with Crippen LogP contribution in [-0.2, 0) is 24.2 Å². The molecule has 0 aliphatic heterocycles. The van der Waals surface area contributed by atoms with Gasteiger partial charge in [-0.25, -0.2) is 0 Å². The fourth-order valence-corrected chi connectivity index (χ4v) is 3.79. The Hall–Kier alpha value is -3.86. The van der Waals surface area contributed by atoms with Gasteiger partial charge >= 0.3 is 0 Å². The molecule has 168 valence electrons. The smallest absolute Gasteiger partial charge is 0.224 e. The third kappa shape index (κ3) is 6.10. The molecule has 1 atom stereocenters. The second kappa shape index (κ2) is 10.6. The minimum atomic E-state index is -0.0845. The van der Waals surface area contributed by atoms with Crippen molar-refractivity contribution in [3.8, 4) is 5.75 Å². The first kappa shape index (κ1) is 22.3. The molecule has 1 unspecified atom stereocenters.